The Labute approximate surface area is 143 Å². The van der Waals surface area contributed by atoms with Gasteiger partial charge < -0.3 is 4.74 Å². The van der Waals surface area contributed by atoms with Gasteiger partial charge in [0.1, 0.15) is 15.6 Å². The van der Waals surface area contributed by atoms with E-state index in [4.69, 9.17) is 4.74 Å². The topological polar surface area (TPSA) is 80.8 Å². The summed E-state index contributed by atoms with van der Waals surface area (Å²) in [6, 6.07) is 4.39. The molecule has 1 aromatic rings. The van der Waals surface area contributed by atoms with Gasteiger partial charge in [-0.3, -0.25) is 0 Å². The molecule has 0 N–H and O–H groups in total. The lowest BCUT2D eigenvalue weighted by molar-refractivity contribution is 0.249. The van der Waals surface area contributed by atoms with Gasteiger partial charge in [-0.1, -0.05) is 0 Å². The second kappa shape index (κ2) is 6.00. The maximum atomic E-state index is 13.1. The van der Waals surface area contributed by atoms with Crippen LogP contribution >= 0.6 is 0 Å². The molecule has 1 aromatic carbocycles. The van der Waals surface area contributed by atoms with E-state index in [0.29, 0.717) is 18.6 Å². The first-order valence-corrected chi connectivity index (χ1v) is 11.4. The van der Waals surface area contributed by atoms with Crippen LogP contribution in [0.3, 0.4) is 0 Å². The number of aryl methyl sites for hydroxylation is 1. The van der Waals surface area contributed by atoms with Crippen molar-refractivity contribution >= 4 is 19.9 Å². The first-order valence-electron chi connectivity index (χ1n) is 8.01. The zero-order valence-corrected chi connectivity index (χ0v) is 15.7. The van der Waals surface area contributed by atoms with Crippen LogP contribution in [0, 0.1) is 6.92 Å². The number of nitrogens with zero attached hydrogens (tertiary/aromatic N) is 1. The average Bonchev–Trinajstić information content (AvgIpc) is 2.77. The summed E-state index contributed by atoms with van der Waals surface area (Å²) in [6.45, 7) is 1.81. The number of rotatable bonds is 4. The molecule has 2 fully saturated rings. The summed E-state index contributed by atoms with van der Waals surface area (Å²) in [5.74, 6) is 0.646. The number of hydrogen-bond acceptors (Lipinski definition) is 5. The molecule has 2 aliphatic heterocycles. The predicted molar refractivity (Wildman–Crippen MR) is 91.4 cm³/mol. The van der Waals surface area contributed by atoms with Crippen LogP contribution in [-0.2, 0) is 19.9 Å². The molecule has 0 aromatic heterocycles. The van der Waals surface area contributed by atoms with Gasteiger partial charge in [-0.15, -0.1) is 0 Å². The van der Waals surface area contributed by atoms with Gasteiger partial charge >= 0.3 is 0 Å². The van der Waals surface area contributed by atoms with Crippen LogP contribution in [0.15, 0.2) is 23.1 Å². The summed E-state index contributed by atoms with van der Waals surface area (Å²) in [5, 5.41) is -0.431. The summed E-state index contributed by atoms with van der Waals surface area (Å²) < 4.78 is 56.7. The highest BCUT2D eigenvalue weighted by Crippen LogP contribution is 2.41. The minimum atomic E-state index is -3.63. The summed E-state index contributed by atoms with van der Waals surface area (Å²) in [7, 11) is -5.22. The van der Waals surface area contributed by atoms with E-state index in [-0.39, 0.29) is 17.0 Å². The summed E-state index contributed by atoms with van der Waals surface area (Å²) in [5.41, 5.74) is 0.761. The smallest absolute Gasteiger partial charge is 0.243 e. The number of hydrogen-bond donors (Lipinski definition) is 0. The number of sulfone groups is 1. The quantitative estimate of drug-likeness (QED) is 0.803. The van der Waals surface area contributed by atoms with Crippen molar-refractivity contribution < 1.29 is 21.6 Å². The molecule has 2 saturated heterocycles. The minimum Gasteiger partial charge on any atom is -0.496 e. The first kappa shape index (κ1) is 17.7. The Hall–Kier alpha value is -1.12. The van der Waals surface area contributed by atoms with Gasteiger partial charge in [0, 0.05) is 18.3 Å². The molecule has 2 atom stereocenters. The Morgan fingerprint density at radius 1 is 1.08 bits per heavy atom. The Bertz CT molecular complexity index is 833. The Morgan fingerprint density at radius 3 is 2.12 bits per heavy atom. The van der Waals surface area contributed by atoms with Crippen LogP contribution in [0.5, 0.6) is 5.75 Å². The molecule has 2 heterocycles. The molecule has 2 aliphatic rings. The molecule has 0 saturated carbocycles. The lowest BCUT2D eigenvalue weighted by Crippen LogP contribution is -2.49. The number of benzene rings is 1. The number of methoxy groups -OCH3 is 1. The maximum absolute atomic E-state index is 13.1. The normalized spacial score (nSPS) is 28.0. The van der Waals surface area contributed by atoms with E-state index >= 15 is 0 Å². The molecule has 6 nitrogen and oxygen atoms in total. The van der Waals surface area contributed by atoms with Crippen molar-refractivity contribution in [2.24, 2.45) is 0 Å². The maximum Gasteiger partial charge on any atom is 0.243 e. The van der Waals surface area contributed by atoms with Crippen LogP contribution in [0.1, 0.15) is 31.2 Å². The summed E-state index contributed by atoms with van der Waals surface area (Å²) in [4.78, 5) is 0.246. The molecule has 3 rings (SSSR count). The van der Waals surface area contributed by atoms with Crippen LogP contribution in [0.4, 0.5) is 0 Å². The van der Waals surface area contributed by atoms with Gasteiger partial charge in [0.15, 0.2) is 0 Å². The molecule has 0 spiro atoms. The highest BCUT2D eigenvalue weighted by molar-refractivity contribution is 7.91. The first-order chi connectivity index (χ1) is 11.1. The fourth-order valence-electron chi connectivity index (χ4n) is 3.96. The third kappa shape index (κ3) is 2.95. The van der Waals surface area contributed by atoms with Gasteiger partial charge in [0.05, 0.1) is 17.3 Å². The summed E-state index contributed by atoms with van der Waals surface area (Å²) >= 11 is 0. The van der Waals surface area contributed by atoms with Crippen molar-refractivity contribution in [3.8, 4) is 5.75 Å². The lowest BCUT2D eigenvalue weighted by atomic mass is 10.1. The fraction of sp³-hybridized carbons (Fsp3) is 0.625. The molecule has 8 heteroatoms. The van der Waals surface area contributed by atoms with Gasteiger partial charge in [0.2, 0.25) is 10.0 Å². The van der Waals surface area contributed by atoms with Crippen molar-refractivity contribution in [2.45, 2.75) is 54.8 Å². The molecule has 2 bridgehead atoms. The standard InChI is InChI=1S/C16H23NO5S2/c1-11-8-14(6-7-16(11)22-2)24(20,21)17-12-4-5-13(17)10-15(9-12)23(3,18)19/h6-8,12-13,15H,4-5,9-10H2,1-3H3. The third-order valence-electron chi connectivity index (χ3n) is 5.17. The van der Waals surface area contributed by atoms with E-state index in [0.717, 1.165) is 18.4 Å². The van der Waals surface area contributed by atoms with Crippen LogP contribution in [-0.4, -0.2) is 51.8 Å². The Balaban J connectivity index is 1.93. The molecule has 0 radical (unpaired) electrons. The van der Waals surface area contributed by atoms with Crippen molar-refractivity contribution in [3.63, 3.8) is 0 Å². The molecule has 24 heavy (non-hydrogen) atoms. The second-order valence-corrected chi connectivity index (χ2v) is 10.9. The van der Waals surface area contributed by atoms with Gasteiger partial charge in [-0.05, 0) is 56.4 Å². The van der Waals surface area contributed by atoms with Gasteiger partial charge in [-0.2, -0.15) is 4.31 Å². The number of sulfonamides is 1. The molecule has 134 valence electrons. The van der Waals surface area contributed by atoms with Gasteiger partial charge in [-0.25, -0.2) is 16.8 Å². The number of piperidine rings is 1. The molecule has 2 unspecified atom stereocenters. The predicted octanol–water partition coefficient (Wildman–Crippen LogP) is 1.73. The fourth-order valence-corrected chi connectivity index (χ4v) is 7.08. The van der Waals surface area contributed by atoms with Crippen molar-refractivity contribution in [3.05, 3.63) is 23.8 Å². The van der Waals surface area contributed by atoms with Gasteiger partial charge in [0.25, 0.3) is 0 Å². The van der Waals surface area contributed by atoms with E-state index in [9.17, 15) is 16.8 Å². The van der Waals surface area contributed by atoms with E-state index in [1.165, 1.54) is 6.26 Å². The minimum absolute atomic E-state index is 0.226. The Morgan fingerprint density at radius 2 is 1.67 bits per heavy atom. The summed E-state index contributed by atoms with van der Waals surface area (Å²) in [6.07, 6.45) is 3.48. The van der Waals surface area contributed by atoms with Crippen molar-refractivity contribution in [1.82, 2.24) is 4.31 Å². The van der Waals surface area contributed by atoms with Crippen molar-refractivity contribution in [2.75, 3.05) is 13.4 Å². The zero-order chi connectivity index (χ0) is 17.7. The molecule has 0 aliphatic carbocycles. The largest absolute Gasteiger partial charge is 0.496 e. The highest BCUT2D eigenvalue weighted by Gasteiger charge is 2.49. The monoisotopic (exact) mass is 373 g/mol. The van der Waals surface area contributed by atoms with E-state index in [2.05, 4.69) is 0 Å². The van der Waals surface area contributed by atoms with Crippen LogP contribution in [0.2, 0.25) is 0 Å². The lowest BCUT2D eigenvalue weighted by Gasteiger charge is -2.37. The van der Waals surface area contributed by atoms with Crippen molar-refractivity contribution in [1.29, 1.82) is 0 Å². The van der Waals surface area contributed by atoms with Crippen LogP contribution in [0.25, 0.3) is 0 Å². The van der Waals surface area contributed by atoms with Crippen LogP contribution < -0.4 is 4.74 Å². The molecule has 0 amide bonds. The van der Waals surface area contributed by atoms with E-state index < -0.39 is 25.1 Å². The number of fused-ring (bicyclic) bond motifs is 2. The second-order valence-electron chi connectivity index (χ2n) is 6.77. The molecular weight excluding hydrogens is 350 g/mol. The highest BCUT2D eigenvalue weighted by atomic mass is 32.2. The van der Waals surface area contributed by atoms with E-state index in [1.54, 1.807) is 29.6 Å². The Kier molecular flexibility index (Phi) is 4.42. The third-order valence-corrected chi connectivity index (χ3v) is 8.77. The van der Waals surface area contributed by atoms with E-state index in [1.807, 2.05) is 6.92 Å². The number of ether oxygens (including phenoxy) is 1. The zero-order valence-electron chi connectivity index (χ0n) is 14.1. The SMILES string of the molecule is COc1ccc(S(=O)(=O)N2C3CCC2CC(S(C)(=O)=O)C3)cc1C. The average molecular weight is 373 g/mol. The molecular formula is C16H23NO5S2.